The van der Waals surface area contributed by atoms with Crippen molar-refractivity contribution in [3.8, 4) is 0 Å². The maximum atomic E-state index is 12.3. The van der Waals surface area contributed by atoms with Crippen LogP contribution < -0.4 is 5.32 Å². The summed E-state index contributed by atoms with van der Waals surface area (Å²) in [5.41, 5.74) is 1.70. The van der Waals surface area contributed by atoms with E-state index in [4.69, 9.17) is 11.6 Å². The molecule has 2 nitrogen and oxygen atoms in total. The van der Waals surface area contributed by atoms with Gasteiger partial charge in [0, 0.05) is 16.3 Å². The zero-order valence-electron chi connectivity index (χ0n) is 11.4. The minimum absolute atomic E-state index is 0.0297. The van der Waals surface area contributed by atoms with Crippen molar-refractivity contribution in [2.75, 3.05) is 0 Å². The van der Waals surface area contributed by atoms with E-state index in [0.29, 0.717) is 11.4 Å². The van der Waals surface area contributed by atoms with Gasteiger partial charge in [0.1, 0.15) is 0 Å². The number of rotatable bonds is 6. The summed E-state index contributed by atoms with van der Waals surface area (Å²) >= 11 is 7.43. The molecule has 0 bridgehead atoms. The summed E-state index contributed by atoms with van der Waals surface area (Å²) in [6.07, 6.45) is 1.99. The van der Waals surface area contributed by atoms with Gasteiger partial charge in [0.2, 0.25) is 0 Å². The van der Waals surface area contributed by atoms with Gasteiger partial charge >= 0.3 is 0 Å². The lowest BCUT2D eigenvalue weighted by Gasteiger charge is -2.16. The Morgan fingerprint density at radius 2 is 2.05 bits per heavy atom. The van der Waals surface area contributed by atoms with Crippen LogP contribution in [-0.4, -0.2) is 5.91 Å². The third kappa shape index (κ3) is 3.84. The lowest BCUT2D eigenvalue weighted by atomic mass is 10.1. The van der Waals surface area contributed by atoms with Gasteiger partial charge in [0.15, 0.2) is 0 Å². The highest BCUT2D eigenvalue weighted by atomic mass is 35.5. The van der Waals surface area contributed by atoms with Crippen LogP contribution in [0.15, 0.2) is 41.8 Å². The van der Waals surface area contributed by atoms with Gasteiger partial charge in [-0.15, -0.1) is 22.9 Å². The summed E-state index contributed by atoms with van der Waals surface area (Å²) < 4.78 is 0. The summed E-state index contributed by atoms with van der Waals surface area (Å²) in [5, 5.41) is 5.15. The molecule has 0 aliphatic carbocycles. The first kappa shape index (κ1) is 15.1. The molecule has 2 aromatic rings. The molecule has 2 rings (SSSR count). The molecule has 0 saturated heterocycles. The van der Waals surface area contributed by atoms with Crippen molar-refractivity contribution in [1.82, 2.24) is 5.32 Å². The molecule has 1 heterocycles. The third-order valence-electron chi connectivity index (χ3n) is 3.14. The van der Waals surface area contributed by atoms with Crippen LogP contribution >= 0.6 is 22.9 Å². The first-order valence-corrected chi connectivity index (χ1v) is 8.15. The Kier molecular flexibility index (Phi) is 5.62. The Balaban J connectivity index is 2.07. The zero-order chi connectivity index (χ0) is 14.4. The number of thiophene rings is 1. The number of hydrogen-bond donors (Lipinski definition) is 1. The normalized spacial score (nSPS) is 12.1. The van der Waals surface area contributed by atoms with Crippen molar-refractivity contribution in [2.45, 2.75) is 31.7 Å². The number of carbonyl (C=O) groups is 1. The Bertz CT molecular complexity index is 536. The molecule has 0 saturated carbocycles. The molecule has 20 heavy (non-hydrogen) atoms. The Morgan fingerprint density at radius 3 is 2.60 bits per heavy atom. The van der Waals surface area contributed by atoms with E-state index in [2.05, 4.69) is 18.3 Å². The molecule has 1 N–H and O–H groups in total. The highest BCUT2D eigenvalue weighted by Crippen LogP contribution is 2.23. The lowest BCUT2D eigenvalue weighted by molar-refractivity contribution is 0.0935. The van der Waals surface area contributed by atoms with E-state index in [-0.39, 0.29) is 11.9 Å². The number of benzene rings is 1. The predicted octanol–water partition coefficient (Wildman–Crippen LogP) is 4.76. The van der Waals surface area contributed by atoms with Crippen LogP contribution in [0.1, 0.15) is 46.6 Å². The monoisotopic (exact) mass is 307 g/mol. The van der Waals surface area contributed by atoms with Crippen LogP contribution in [0.4, 0.5) is 0 Å². The molecule has 0 radical (unpaired) electrons. The van der Waals surface area contributed by atoms with E-state index in [1.807, 2.05) is 35.7 Å². The van der Waals surface area contributed by atoms with Gasteiger partial charge in [-0.05, 0) is 35.6 Å². The first-order chi connectivity index (χ1) is 9.74. The predicted molar refractivity (Wildman–Crippen MR) is 85.4 cm³/mol. The number of hydrogen-bond acceptors (Lipinski definition) is 2. The van der Waals surface area contributed by atoms with E-state index in [0.717, 1.165) is 18.4 Å². The van der Waals surface area contributed by atoms with Crippen LogP contribution in [0.5, 0.6) is 0 Å². The van der Waals surface area contributed by atoms with Crippen molar-refractivity contribution in [3.05, 3.63) is 57.8 Å². The van der Waals surface area contributed by atoms with E-state index in [1.165, 1.54) is 4.88 Å². The van der Waals surface area contributed by atoms with Gasteiger partial charge in [-0.1, -0.05) is 31.5 Å². The van der Waals surface area contributed by atoms with Crippen molar-refractivity contribution in [1.29, 1.82) is 0 Å². The maximum Gasteiger partial charge on any atom is 0.251 e. The Morgan fingerprint density at radius 1 is 1.30 bits per heavy atom. The van der Waals surface area contributed by atoms with Gasteiger partial charge < -0.3 is 5.32 Å². The molecule has 0 fully saturated rings. The van der Waals surface area contributed by atoms with Gasteiger partial charge in [0.25, 0.3) is 5.91 Å². The van der Waals surface area contributed by atoms with E-state index in [9.17, 15) is 4.79 Å². The molecule has 1 aromatic carbocycles. The molecule has 1 atom stereocenters. The van der Waals surface area contributed by atoms with Crippen LogP contribution in [0.3, 0.4) is 0 Å². The van der Waals surface area contributed by atoms with E-state index >= 15 is 0 Å². The van der Waals surface area contributed by atoms with Crippen molar-refractivity contribution in [2.24, 2.45) is 0 Å². The largest absolute Gasteiger partial charge is 0.344 e. The van der Waals surface area contributed by atoms with Gasteiger partial charge in [-0.25, -0.2) is 0 Å². The first-order valence-electron chi connectivity index (χ1n) is 6.73. The average Bonchev–Trinajstić information content (AvgIpc) is 3.01. The van der Waals surface area contributed by atoms with E-state index < -0.39 is 0 Å². The minimum atomic E-state index is -0.0297. The molecule has 106 valence electrons. The second-order valence-electron chi connectivity index (χ2n) is 4.66. The molecular weight excluding hydrogens is 290 g/mol. The minimum Gasteiger partial charge on any atom is -0.344 e. The van der Waals surface area contributed by atoms with Crippen LogP contribution in [-0.2, 0) is 5.88 Å². The molecule has 0 aliphatic rings. The molecule has 0 spiro atoms. The molecule has 0 aliphatic heterocycles. The number of nitrogens with one attached hydrogen (secondary N) is 1. The number of carbonyl (C=O) groups excluding carboxylic acids is 1. The lowest BCUT2D eigenvalue weighted by Crippen LogP contribution is -2.27. The van der Waals surface area contributed by atoms with E-state index in [1.54, 1.807) is 11.3 Å². The standard InChI is InChI=1S/C16H18ClNOS/c1-2-4-14(15-5-3-10-20-15)18-16(19)13-8-6-12(11-17)7-9-13/h3,5-10,14H,2,4,11H2,1H3,(H,18,19). The summed E-state index contributed by atoms with van der Waals surface area (Å²) in [5.74, 6) is 0.438. The van der Waals surface area contributed by atoms with Gasteiger partial charge in [0.05, 0.1) is 6.04 Å². The van der Waals surface area contributed by atoms with Crippen molar-refractivity contribution < 1.29 is 4.79 Å². The maximum absolute atomic E-state index is 12.3. The highest BCUT2D eigenvalue weighted by Gasteiger charge is 2.15. The van der Waals surface area contributed by atoms with Gasteiger partial charge in [-0.2, -0.15) is 0 Å². The number of alkyl halides is 1. The van der Waals surface area contributed by atoms with Gasteiger partial charge in [-0.3, -0.25) is 4.79 Å². The van der Waals surface area contributed by atoms with Crippen molar-refractivity contribution >= 4 is 28.8 Å². The molecule has 1 aromatic heterocycles. The average molecular weight is 308 g/mol. The Labute approximate surface area is 128 Å². The summed E-state index contributed by atoms with van der Waals surface area (Å²) in [6.45, 7) is 2.13. The van der Waals surface area contributed by atoms with Crippen LogP contribution in [0.2, 0.25) is 0 Å². The second-order valence-corrected chi connectivity index (χ2v) is 5.91. The second kappa shape index (κ2) is 7.46. The molecular formula is C16H18ClNOS. The summed E-state index contributed by atoms with van der Waals surface area (Å²) in [7, 11) is 0. The van der Waals surface area contributed by atoms with Crippen molar-refractivity contribution in [3.63, 3.8) is 0 Å². The Hall–Kier alpha value is -1.32. The topological polar surface area (TPSA) is 29.1 Å². The zero-order valence-corrected chi connectivity index (χ0v) is 13.0. The quantitative estimate of drug-likeness (QED) is 0.766. The summed E-state index contributed by atoms with van der Waals surface area (Å²) in [4.78, 5) is 13.5. The molecule has 1 amide bonds. The fourth-order valence-corrected chi connectivity index (χ4v) is 3.04. The molecule has 4 heteroatoms. The summed E-state index contributed by atoms with van der Waals surface area (Å²) in [6, 6.07) is 11.6. The number of amides is 1. The van der Waals surface area contributed by atoms with Crippen LogP contribution in [0.25, 0.3) is 0 Å². The van der Waals surface area contributed by atoms with Crippen LogP contribution in [0, 0.1) is 0 Å². The highest BCUT2D eigenvalue weighted by molar-refractivity contribution is 7.10. The fraction of sp³-hybridized carbons (Fsp3) is 0.312. The smallest absolute Gasteiger partial charge is 0.251 e. The number of halogens is 1. The SMILES string of the molecule is CCCC(NC(=O)c1ccc(CCl)cc1)c1cccs1. The molecule has 1 unspecified atom stereocenters. The third-order valence-corrected chi connectivity index (χ3v) is 4.43. The fourth-order valence-electron chi connectivity index (χ4n) is 2.05.